The molecular weight excluding hydrogens is 306 g/mol. The van der Waals surface area contributed by atoms with Crippen LogP contribution in [-0.4, -0.2) is 24.7 Å². The van der Waals surface area contributed by atoms with Gasteiger partial charge in [0.25, 0.3) is 5.89 Å². The van der Waals surface area contributed by atoms with Crippen LogP contribution in [0.4, 0.5) is 0 Å². The highest BCUT2D eigenvalue weighted by Crippen LogP contribution is 2.22. The van der Waals surface area contributed by atoms with Crippen LogP contribution in [0.1, 0.15) is 5.56 Å². The highest BCUT2D eigenvalue weighted by Gasteiger charge is 2.12. The van der Waals surface area contributed by atoms with Crippen molar-refractivity contribution in [3.05, 3.63) is 71.0 Å². The van der Waals surface area contributed by atoms with E-state index in [2.05, 4.69) is 20.1 Å². The number of aromatic nitrogens is 5. The lowest BCUT2D eigenvalue weighted by Gasteiger charge is -2.01. The highest BCUT2D eigenvalue weighted by molar-refractivity contribution is 5.59. The monoisotopic (exact) mass is 319 g/mol. The van der Waals surface area contributed by atoms with E-state index < -0.39 is 0 Å². The lowest BCUT2D eigenvalue weighted by atomic mass is 10.2. The van der Waals surface area contributed by atoms with Crippen molar-refractivity contribution in [2.45, 2.75) is 6.92 Å². The fourth-order valence-electron chi connectivity index (χ4n) is 2.39. The third-order valence-electron chi connectivity index (χ3n) is 3.61. The van der Waals surface area contributed by atoms with E-state index in [4.69, 9.17) is 4.52 Å². The summed E-state index contributed by atoms with van der Waals surface area (Å²) in [5.74, 6) is 0.848. The van der Waals surface area contributed by atoms with E-state index in [1.54, 1.807) is 18.6 Å². The zero-order chi connectivity index (χ0) is 16.5. The molecule has 0 unspecified atom stereocenters. The summed E-state index contributed by atoms with van der Waals surface area (Å²) in [5.41, 5.74) is 3.08. The Morgan fingerprint density at radius 3 is 2.71 bits per heavy atom. The quantitative estimate of drug-likeness (QED) is 0.627. The molecule has 0 saturated carbocycles. The van der Waals surface area contributed by atoms with E-state index >= 15 is 0 Å². The van der Waals surface area contributed by atoms with Gasteiger partial charge < -0.3 is 9.51 Å². The zero-order valence-corrected chi connectivity index (χ0v) is 12.8. The molecule has 7 heteroatoms. The number of imidazole rings is 1. The molecular formula is C17H13N5O2. The summed E-state index contributed by atoms with van der Waals surface area (Å²) in [6.07, 6.45) is 4.98. The van der Waals surface area contributed by atoms with Crippen molar-refractivity contribution in [3.63, 3.8) is 0 Å². The van der Waals surface area contributed by atoms with Crippen LogP contribution in [0.15, 0.2) is 64.3 Å². The fourth-order valence-corrected chi connectivity index (χ4v) is 2.39. The van der Waals surface area contributed by atoms with Gasteiger partial charge in [0.2, 0.25) is 5.82 Å². The fraction of sp³-hybridized carbons (Fsp3) is 0.0588. The second kappa shape index (κ2) is 5.62. The lowest BCUT2D eigenvalue weighted by Crippen LogP contribution is -2.13. The molecule has 0 atom stereocenters. The molecule has 0 aliphatic heterocycles. The number of pyridine rings is 1. The number of nitrogens with one attached hydrogen (secondary N) is 1. The van der Waals surface area contributed by atoms with Crippen LogP contribution in [-0.2, 0) is 0 Å². The van der Waals surface area contributed by atoms with Crippen LogP contribution in [0, 0.1) is 6.92 Å². The van der Waals surface area contributed by atoms with Crippen LogP contribution < -0.4 is 5.69 Å². The SMILES string of the molecule is Cc1ccnc(-c2noc(-c3ccc(-n4cc[nH]c4=O)cc3)n2)c1. The van der Waals surface area contributed by atoms with Gasteiger partial charge in [-0.15, -0.1) is 0 Å². The maximum atomic E-state index is 11.6. The first-order chi connectivity index (χ1) is 11.7. The Bertz CT molecular complexity index is 1040. The van der Waals surface area contributed by atoms with Crippen LogP contribution in [0.5, 0.6) is 0 Å². The molecule has 118 valence electrons. The molecule has 3 aromatic heterocycles. The second-order valence-electron chi connectivity index (χ2n) is 5.32. The van der Waals surface area contributed by atoms with Gasteiger partial charge in [0.05, 0.1) is 5.69 Å². The Balaban J connectivity index is 1.65. The first-order valence-corrected chi connectivity index (χ1v) is 7.34. The maximum absolute atomic E-state index is 11.6. The average molecular weight is 319 g/mol. The molecule has 3 heterocycles. The topological polar surface area (TPSA) is 89.6 Å². The van der Waals surface area contributed by atoms with Gasteiger partial charge in [0.1, 0.15) is 5.69 Å². The van der Waals surface area contributed by atoms with E-state index in [0.717, 1.165) is 16.8 Å². The molecule has 0 fully saturated rings. The third kappa shape index (κ3) is 2.52. The van der Waals surface area contributed by atoms with Crippen LogP contribution in [0.25, 0.3) is 28.7 Å². The number of aromatic amines is 1. The van der Waals surface area contributed by atoms with Gasteiger partial charge >= 0.3 is 5.69 Å². The third-order valence-corrected chi connectivity index (χ3v) is 3.61. The van der Waals surface area contributed by atoms with Gasteiger partial charge in [0.15, 0.2) is 0 Å². The molecule has 0 amide bonds. The molecule has 0 aliphatic rings. The van der Waals surface area contributed by atoms with E-state index in [1.807, 2.05) is 43.3 Å². The first-order valence-electron chi connectivity index (χ1n) is 7.34. The molecule has 4 aromatic rings. The number of rotatable bonds is 3. The Labute approximate surface area is 136 Å². The number of aryl methyl sites for hydroxylation is 1. The molecule has 0 bridgehead atoms. The minimum atomic E-state index is -0.187. The molecule has 24 heavy (non-hydrogen) atoms. The van der Waals surface area contributed by atoms with Crippen molar-refractivity contribution in [3.8, 4) is 28.7 Å². The Kier molecular flexibility index (Phi) is 3.31. The molecule has 0 radical (unpaired) electrons. The van der Waals surface area contributed by atoms with Crippen LogP contribution in [0.3, 0.4) is 0 Å². The van der Waals surface area contributed by atoms with Gasteiger partial charge in [-0.05, 0) is 48.9 Å². The zero-order valence-electron chi connectivity index (χ0n) is 12.8. The Hall–Kier alpha value is -3.48. The predicted molar refractivity (Wildman–Crippen MR) is 87.6 cm³/mol. The van der Waals surface area contributed by atoms with Crippen molar-refractivity contribution in [1.82, 2.24) is 24.7 Å². The molecule has 7 nitrogen and oxygen atoms in total. The molecule has 1 aromatic carbocycles. The van der Waals surface area contributed by atoms with Gasteiger partial charge in [-0.1, -0.05) is 5.16 Å². The Morgan fingerprint density at radius 2 is 2.00 bits per heavy atom. The number of nitrogens with zero attached hydrogens (tertiary/aromatic N) is 4. The van der Waals surface area contributed by atoms with Gasteiger partial charge in [-0.25, -0.2) is 4.79 Å². The summed E-state index contributed by atoms with van der Waals surface area (Å²) >= 11 is 0. The number of hydrogen-bond acceptors (Lipinski definition) is 5. The summed E-state index contributed by atoms with van der Waals surface area (Å²) in [4.78, 5) is 22.9. The van der Waals surface area contributed by atoms with Gasteiger partial charge in [0, 0.05) is 24.2 Å². The van der Waals surface area contributed by atoms with E-state index in [0.29, 0.717) is 17.4 Å². The standard InChI is InChI=1S/C17H13N5O2/c1-11-6-7-18-14(10-11)15-20-16(24-21-15)12-2-4-13(5-3-12)22-9-8-19-17(22)23/h2-10H,1H3,(H,19,23). The summed E-state index contributed by atoms with van der Waals surface area (Å²) in [6, 6.07) is 11.1. The van der Waals surface area contributed by atoms with Crippen molar-refractivity contribution >= 4 is 0 Å². The van der Waals surface area contributed by atoms with Crippen molar-refractivity contribution in [2.24, 2.45) is 0 Å². The van der Waals surface area contributed by atoms with E-state index in [1.165, 1.54) is 4.57 Å². The Morgan fingerprint density at radius 1 is 1.17 bits per heavy atom. The van der Waals surface area contributed by atoms with Crippen molar-refractivity contribution in [2.75, 3.05) is 0 Å². The molecule has 1 N–H and O–H groups in total. The van der Waals surface area contributed by atoms with Gasteiger partial charge in [-0.3, -0.25) is 9.55 Å². The summed E-state index contributed by atoms with van der Waals surface area (Å²) in [7, 11) is 0. The average Bonchev–Trinajstić information content (AvgIpc) is 3.24. The summed E-state index contributed by atoms with van der Waals surface area (Å²) < 4.78 is 6.84. The normalized spacial score (nSPS) is 10.9. The van der Waals surface area contributed by atoms with E-state index in [9.17, 15) is 4.79 Å². The summed E-state index contributed by atoms with van der Waals surface area (Å²) in [5, 5.41) is 3.98. The molecule has 4 rings (SSSR count). The van der Waals surface area contributed by atoms with Crippen LogP contribution in [0.2, 0.25) is 0 Å². The minimum absolute atomic E-state index is 0.187. The number of benzene rings is 1. The number of hydrogen-bond donors (Lipinski definition) is 1. The predicted octanol–water partition coefficient (Wildman–Crippen LogP) is 2.59. The van der Waals surface area contributed by atoms with Crippen molar-refractivity contribution < 1.29 is 4.52 Å². The smallest absolute Gasteiger partial charge is 0.330 e. The van der Waals surface area contributed by atoms with Crippen LogP contribution >= 0.6 is 0 Å². The second-order valence-corrected chi connectivity index (χ2v) is 5.32. The highest BCUT2D eigenvalue weighted by atomic mass is 16.5. The van der Waals surface area contributed by atoms with Gasteiger partial charge in [-0.2, -0.15) is 4.98 Å². The molecule has 0 saturated heterocycles. The minimum Gasteiger partial charge on any atom is -0.334 e. The summed E-state index contributed by atoms with van der Waals surface area (Å²) in [6.45, 7) is 1.98. The largest absolute Gasteiger partial charge is 0.334 e. The number of H-pyrrole nitrogens is 1. The molecule has 0 aliphatic carbocycles. The maximum Gasteiger partial charge on any atom is 0.330 e. The lowest BCUT2D eigenvalue weighted by molar-refractivity contribution is 0.432. The van der Waals surface area contributed by atoms with E-state index in [-0.39, 0.29) is 5.69 Å². The first kappa shape index (κ1) is 14.1. The van der Waals surface area contributed by atoms with Crippen molar-refractivity contribution in [1.29, 1.82) is 0 Å². The molecule has 0 spiro atoms.